The van der Waals surface area contributed by atoms with E-state index < -0.39 is 0 Å². The fourth-order valence-corrected chi connectivity index (χ4v) is 2.52. The molecule has 102 valence electrons. The zero-order valence-corrected chi connectivity index (χ0v) is 11.7. The Hall–Kier alpha value is -1.34. The maximum atomic E-state index is 5.75. The highest BCUT2D eigenvalue weighted by atomic mass is 16.5. The van der Waals surface area contributed by atoms with E-state index in [1.54, 1.807) is 0 Å². The maximum absolute atomic E-state index is 5.75. The van der Waals surface area contributed by atoms with Crippen molar-refractivity contribution in [1.29, 1.82) is 0 Å². The number of nitrogens with two attached hydrogens (primary N) is 1. The predicted molar refractivity (Wildman–Crippen MR) is 77.7 cm³/mol. The number of nitrogens with zero attached hydrogens (tertiary/aromatic N) is 1. The molecule has 0 amide bonds. The van der Waals surface area contributed by atoms with Crippen molar-refractivity contribution in [1.82, 2.24) is 4.90 Å². The van der Waals surface area contributed by atoms with Crippen molar-refractivity contribution in [3.05, 3.63) is 35.4 Å². The van der Waals surface area contributed by atoms with Gasteiger partial charge in [0, 0.05) is 25.2 Å². The van der Waals surface area contributed by atoms with E-state index in [1.807, 2.05) is 0 Å². The first-order valence-electron chi connectivity index (χ1n) is 6.83. The number of benzene rings is 1. The lowest BCUT2D eigenvalue weighted by Gasteiger charge is -2.35. The third kappa shape index (κ3) is 4.36. The SMILES string of the molecule is CC1CN(Cc2ccc(C#CCN)cc2)CC(C)O1. The Labute approximate surface area is 115 Å². The van der Waals surface area contributed by atoms with Crippen molar-refractivity contribution in [2.24, 2.45) is 5.73 Å². The summed E-state index contributed by atoms with van der Waals surface area (Å²) in [4.78, 5) is 2.44. The van der Waals surface area contributed by atoms with Crippen molar-refractivity contribution in [3.8, 4) is 11.8 Å². The minimum Gasteiger partial charge on any atom is -0.373 e. The highest BCUT2D eigenvalue weighted by Gasteiger charge is 2.21. The summed E-state index contributed by atoms with van der Waals surface area (Å²) in [6, 6.07) is 8.41. The minimum absolute atomic E-state index is 0.318. The molecule has 0 bridgehead atoms. The van der Waals surface area contributed by atoms with Crippen LogP contribution in [0.5, 0.6) is 0 Å². The second-order valence-corrected chi connectivity index (χ2v) is 5.15. The molecule has 1 heterocycles. The van der Waals surface area contributed by atoms with Gasteiger partial charge in [-0.3, -0.25) is 4.90 Å². The summed E-state index contributed by atoms with van der Waals surface area (Å²) >= 11 is 0. The quantitative estimate of drug-likeness (QED) is 0.819. The van der Waals surface area contributed by atoms with Crippen LogP contribution >= 0.6 is 0 Å². The lowest BCUT2D eigenvalue weighted by molar-refractivity contribution is -0.0704. The van der Waals surface area contributed by atoms with E-state index in [0.29, 0.717) is 18.8 Å². The molecule has 1 fully saturated rings. The normalized spacial score (nSPS) is 23.7. The third-order valence-electron chi connectivity index (χ3n) is 3.19. The average molecular weight is 258 g/mol. The van der Waals surface area contributed by atoms with Gasteiger partial charge >= 0.3 is 0 Å². The van der Waals surface area contributed by atoms with Gasteiger partial charge in [-0.15, -0.1) is 0 Å². The fourth-order valence-electron chi connectivity index (χ4n) is 2.52. The number of rotatable bonds is 2. The second kappa shape index (κ2) is 6.72. The van der Waals surface area contributed by atoms with E-state index in [1.165, 1.54) is 5.56 Å². The molecule has 2 unspecified atom stereocenters. The van der Waals surface area contributed by atoms with E-state index in [9.17, 15) is 0 Å². The molecule has 0 spiro atoms. The van der Waals surface area contributed by atoms with E-state index in [0.717, 1.165) is 25.2 Å². The third-order valence-corrected chi connectivity index (χ3v) is 3.19. The van der Waals surface area contributed by atoms with Crippen LogP contribution in [0.15, 0.2) is 24.3 Å². The lowest BCUT2D eigenvalue weighted by Crippen LogP contribution is -2.44. The zero-order valence-electron chi connectivity index (χ0n) is 11.7. The molecule has 3 nitrogen and oxygen atoms in total. The van der Waals surface area contributed by atoms with Gasteiger partial charge in [-0.25, -0.2) is 0 Å². The average Bonchev–Trinajstić information content (AvgIpc) is 2.37. The van der Waals surface area contributed by atoms with Crippen molar-refractivity contribution in [2.45, 2.75) is 32.6 Å². The Morgan fingerprint density at radius 2 is 1.84 bits per heavy atom. The predicted octanol–water partition coefficient (Wildman–Crippen LogP) is 1.61. The van der Waals surface area contributed by atoms with Crippen LogP contribution in [0.2, 0.25) is 0 Å². The monoisotopic (exact) mass is 258 g/mol. The molecule has 2 atom stereocenters. The van der Waals surface area contributed by atoms with Crippen LogP contribution in [0.25, 0.3) is 0 Å². The summed E-state index contributed by atoms with van der Waals surface area (Å²) in [6.45, 7) is 7.65. The number of ether oxygens (including phenoxy) is 1. The second-order valence-electron chi connectivity index (χ2n) is 5.15. The molecule has 1 aliphatic heterocycles. The summed E-state index contributed by atoms with van der Waals surface area (Å²) in [6.07, 6.45) is 0.636. The highest BCUT2D eigenvalue weighted by molar-refractivity contribution is 5.36. The van der Waals surface area contributed by atoms with Crippen LogP contribution in [0, 0.1) is 11.8 Å². The van der Waals surface area contributed by atoms with E-state index in [4.69, 9.17) is 10.5 Å². The topological polar surface area (TPSA) is 38.5 Å². The number of hydrogen-bond acceptors (Lipinski definition) is 3. The molecule has 2 rings (SSSR count). The molecule has 2 N–H and O–H groups in total. The summed E-state index contributed by atoms with van der Waals surface area (Å²) < 4.78 is 5.75. The van der Waals surface area contributed by atoms with Crippen LogP contribution in [-0.2, 0) is 11.3 Å². The molecule has 0 aliphatic carbocycles. The Kier molecular flexibility index (Phi) is 4.98. The van der Waals surface area contributed by atoms with Crippen molar-refractivity contribution in [2.75, 3.05) is 19.6 Å². The Balaban J connectivity index is 1.95. The van der Waals surface area contributed by atoms with Crippen molar-refractivity contribution >= 4 is 0 Å². The highest BCUT2D eigenvalue weighted by Crippen LogP contribution is 2.14. The van der Waals surface area contributed by atoms with Gasteiger partial charge < -0.3 is 10.5 Å². The molecule has 0 saturated carbocycles. The van der Waals surface area contributed by atoms with Crippen molar-refractivity contribution < 1.29 is 4.74 Å². The molecular weight excluding hydrogens is 236 g/mol. The lowest BCUT2D eigenvalue weighted by atomic mass is 10.1. The van der Waals surface area contributed by atoms with Gasteiger partial charge in [0.15, 0.2) is 0 Å². The summed E-state index contributed by atoms with van der Waals surface area (Å²) in [5.41, 5.74) is 7.71. The summed E-state index contributed by atoms with van der Waals surface area (Å²) in [5, 5.41) is 0. The number of morpholine rings is 1. The van der Waals surface area contributed by atoms with Gasteiger partial charge in [0.25, 0.3) is 0 Å². The molecule has 3 heteroatoms. The fraction of sp³-hybridized carbons (Fsp3) is 0.500. The van der Waals surface area contributed by atoms with Gasteiger partial charge in [0.2, 0.25) is 0 Å². The van der Waals surface area contributed by atoms with Crippen LogP contribution in [-0.4, -0.2) is 36.7 Å². The van der Waals surface area contributed by atoms with Gasteiger partial charge in [-0.05, 0) is 31.5 Å². The molecule has 19 heavy (non-hydrogen) atoms. The molecular formula is C16H22N2O. The first-order valence-corrected chi connectivity index (χ1v) is 6.83. The van der Waals surface area contributed by atoms with Gasteiger partial charge in [-0.2, -0.15) is 0 Å². The minimum atomic E-state index is 0.318. The summed E-state index contributed by atoms with van der Waals surface area (Å²) in [5.74, 6) is 5.91. The Morgan fingerprint density at radius 1 is 1.21 bits per heavy atom. The standard InChI is InChI=1S/C16H22N2O/c1-13-10-18(11-14(2)19-13)12-16-7-5-15(6-8-16)4-3-9-17/h5-8,13-14H,9-12,17H2,1-2H3. The van der Waals surface area contributed by atoms with Crippen LogP contribution in [0.3, 0.4) is 0 Å². The van der Waals surface area contributed by atoms with Crippen LogP contribution in [0.4, 0.5) is 0 Å². The van der Waals surface area contributed by atoms with E-state index in [2.05, 4.69) is 54.9 Å². The number of hydrogen-bond donors (Lipinski definition) is 1. The zero-order chi connectivity index (χ0) is 13.7. The molecule has 1 aromatic rings. The van der Waals surface area contributed by atoms with Crippen LogP contribution in [0.1, 0.15) is 25.0 Å². The van der Waals surface area contributed by atoms with E-state index in [-0.39, 0.29) is 0 Å². The Bertz CT molecular complexity index is 448. The molecule has 1 saturated heterocycles. The maximum Gasteiger partial charge on any atom is 0.0678 e. The molecule has 0 radical (unpaired) electrons. The first kappa shape index (κ1) is 14.1. The molecule has 1 aromatic carbocycles. The summed E-state index contributed by atoms with van der Waals surface area (Å²) in [7, 11) is 0. The van der Waals surface area contributed by atoms with Crippen LogP contribution < -0.4 is 5.73 Å². The smallest absolute Gasteiger partial charge is 0.0678 e. The first-order chi connectivity index (χ1) is 9.17. The van der Waals surface area contributed by atoms with Gasteiger partial charge in [-0.1, -0.05) is 24.0 Å². The van der Waals surface area contributed by atoms with Crippen molar-refractivity contribution in [3.63, 3.8) is 0 Å². The molecule has 1 aliphatic rings. The van der Waals surface area contributed by atoms with Gasteiger partial charge in [0.05, 0.1) is 18.8 Å². The van der Waals surface area contributed by atoms with E-state index >= 15 is 0 Å². The molecule has 0 aromatic heterocycles. The van der Waals surface area contributed by atoms with Gasteiger partial charge in [0.1, 0.15) is 0 Å². The largest absolute Gasteiger partial charge is 0.373 e. The Morgan fingerprint density at radius 3 is 2.42 bits per heavy atom.